The van der Waals surface area contributed by atoms with Crippen LogP contribution in [0.25, 0.3) is 0 Å². The molecule has 1 aromatic rings. The Bertz CT molecular complexity index is 486. The fourth-order valence-corrected chi connectivity index (χ4v) is 1.86. The third-order valence-electron chi connectivity index (χ3n) is 2.60. The van der Waals surface area contributed by atoms with Crippen molar-refractivity contribution in [2.75, 3.05) is 5.43 Å². The van der Waals surface area contributed by atoms with Crippen LogP contribution in [0, 0.1) is 0 Å². The number of halogens is 6. The molecule has 118 valence electrons. The van der Waals surface area contributed by atoms with Crippen molar-refractivity contribution in [3.63, 3.8) is 0 Å². The van der Waals surface area contributed by atoms with Gasteiger partial charge in [0.1, 0.15) is 0 Å². The number of nitrogens with zero attached hydrogens (tertiary/aromatic N) is 1. The van der Waals surface area contributed by atoms with Crippen LogP contribution in [0.3, 0.4) is 0 Å². The lowest BCUT2D eigenvalue weighted by molar-refractivity contribution is -0.212. The Morgan fingerprint density at radius 3 is 2.05 bits per heavy atom. The molecule has 0 bridgehead atoms. The van der Waals surface area contributed by atoms with Gasteiger partial charge in [-0.25, -0.2) is 0 Å². The van der Waals surface area contributed by atoms with Crippen LogP contribution >= 0.6 is 23.2 Å². The lowest BCUT2D eigenvalue weighted by atomic mass is 9.97. The normalized spacial score (nSPS) is 14.2. The van der Waals surface area contributed by atoms with Gasteiger partial charge in [0.15, 0.2) is 0 Å². The Morgan fingerprint density at radius 2 is 1.62 bits per heavy atom. The number of hydrazone groups is 1. The van der Waals surface area contributed by atoms with Crippen LogP contribution in [0.1, 0.15) is 13.3 Å². The van der Waals surface area contributed by atoms with E-state index in [4.69, 9.17) is 0 Å². The van der Waals surface area contributed by atoms with Crippen LogP contribution in [-0.4, -0.2) is 27.2 Å². The van der Waals surface area contributed by atoms with Crippen molar-refractivity contribution in [1.82, 2.24) is 0 Å². The van der Waals surface area contributed by atoms with E-state index in [9.17, 15) is 22.7 Å². The van der Waals surface area contributed by atoms with Crippen LogP contribution in [-0.2, 0) is 0 Å². The average molecular weight is 347 g/mol. The van der Waals surface area contributed by atoms with E-state index in [0.29, 0.717) is 5.69 Å². The first-order valence-corrected chi connectivity index (χ1v) is 6.43. The van der Waals surface area contributed by atoms with Crippen molar-refractivity contribution in [2.24, 2.45) is 5.10 Å². The standard InChI is InChI=1S/C12H12Cl2F4N2O/c1-8(19-20-9-5-3-2-4-6-9)7-10(21,11(13,15)16)12(14,17)18/h2-6,20-21H,7H2,1H3/b19-8-. The second kappa shape index (κ2) is 6.37. The molecule has 0 saturated heterocycles. The molecule has 21 heavy (non-hydrogen) atoms. The fraction of sp³-hybridized carbons (Fsp3) is 0.417. The van der Waals surface area contributed by atoms with E-state index in [1.807, 2.05) is 0 Å². The zero-order valence-corrected chi connectivity index (χ0v) is 12.3. The Kier molecular flexibility index (Phi) is 5.46. The molecule has 0 saturated carbocycles. The number of rotatable bonds is 6. The zero-order chi connectivity index (χ0) is 16.3. The fourth-order valence-electron chi connectivity index (χ4n) is 1.44. The van der Waals surface area contributed by atoms with Crippen LogP contribution in [0.2, 0.25) is 0 Å². The summed E-state index contributed by atoms with van der Waals surface area (Å²) in [5.74, 6) is 0. The number of hydrogen-bond acceptors (Lipinski definition) is 3. The summed E-state index contributed by atoms with van der Waals surface area (Å²) >= 11 is 9.13. The first kappa shape index (κ1) is 18.0. The monoisotopic (exact) mass is 346 g/mol. The predicted octanol–water partition coefficient (Wildman–Crippen LogP) is 4.26. The van der Waals surface area contributed by atoms with E-state index < -0.39 is 22.8 Å². The van der Waals surface area contributed by atoms with Gasteiger partial charge in [-0.15, -0.1) is 0 Å². The summed E-state index contributed by atoms with van der Waals surface area (Å²) in [6.07, 6.45) is -1.22. The SMILES string of the molecule is C/C(CC(O)(C(F)(F)Cl)C(F)(F)Cl)=N/Nc1ccccc1. The van der Waals surface area contributed by atoms with Crippen LogP contribution in [0.5, 0.6) is 0 Å². The number of anilines is 1. The van der Waals surface area contributed by atoms with E-state index in [-0.39, 0.29) is 5.71 Å². The van der Waals surface area contributed by atoms with E-state index in [0.717, 1.165) is 0 Å². The first-order chi connectivity index (χ1) is 9.47. The molecule has 0 aliphatic heterocycles. The Labute approximate surface area is 128 Å². The molecule has 0 spiro atoms. The van der Waals surface area contributed by atoms with Gasteiger partial charge in [-0.3, -0.25) is 5.43 Å². The lowest BCUT2D eigenvalue weighted by Gasteiger charge is -2.34. The highest BCUT2D eigenvalue weighted by Gasteiger charge is 2.66. The third kappa shape index (κ3) is 4.46. The average Bonchev–Trinajstić information content (AvgIpc) is 2.35. The van der Waals surface area contributed by atoms with Gasteiger partial charge in [0, 0.05) is 12.1 Å². The quantitative estimate of drug-likeness (QED) is 0.350. The topological polar surface area (TPSA) is 44.6 Å². The van der Waals surface area contributed by atoms with E-state index in [1.165, 1.54) is 6.92 Å². The summed E-state index contributed by atoms with van der Waals surface area (Å²) in [5, 5.41) is 3.83. The number of aliphatic hydroxyl groups is 1. The smallest absolute Gasteiger partial charge is 0.357 e. The Hall–Kier alpha value is -1.05. The summed E-state index contributed by atoms with van der Waals surface area (Å²) in [5.41, 5.74) is -1.22. The second-order valence-corrected chi connectivity index (χ2v) is 5.31. The van der Waals surface area contributed by atoms with Gasteiger partial charge in [-0.2, -0.15) is 22.7 Å². The van der Waals surface area contributed by atoms with E-state index in [2.05, 4.69) is 33.7 Å². The van der Waals surface area contributed by atoms with Gasteiger partial charge < -0.3 is 5.11 Å². The van der Waals surface area contributed by atoms with E-state index in [1.54, 1.807) is 30.3 Å². The highest BCUT2D eigenvalue weighted by Crippen LogP contribution is 2.48. The molecule has 1 rings (SSSR count). The minimum absolute atomic E-state index is 0.234. The van der Waals surface area contributed by atoms with Crippen molar-refractivity contribution >= 4 is 34.6 Å². The molecule has 0 unspecified atom stereocenters. The van der Waals surface area contributed by atoms with Crippen molar-refractivity contribution in [3.05, 3.63) is 30.3 Å². The van der Waals surface area contributed by atoms with Crippen molar-refractivity contribution in [1.29, 1.82) is 0 Å². The van der Waals surface area contributed by atoms with Gasteiger partial charge in [0.25, 0.3) is 0 Å². The predicted molar refractivity (Wildman–Crippen MR) is 74.3 cm³/mol. The van der Waals surface area contributed by atoms with Gasteiger partial charge in [-0.05, 0) is 42.3 Å². The number of hydrogen-bond donors (Lipinski definition) is 2. The molecular formula is C12H12Cl2F4N2O. The van der Waals surface area contributed by atoms with Crippen molar-refractivity contribution in [3.8, 4) is 0 Å². The molecule has 0 atom stereocenters. The number of benzene rings is 1. The number of para-hydroxylation sites is 1. The molecular weight excluding hydrogens is 335 g/mol. The molecule has 0 heterocycles. The minimum atomic E-state index is -4.64. The van der Waals surface area contributed by atoms with Crippen LogP contribution in [0.4, 0.5) is 23.2 Å². The molecule has 1 aromatic carbocycles. The highest BCUT2D eigenvalue weighted by molar-refractivity contribution is 6.26. The molecule has 0 aliphatic rings. The van der Waals surface area contributed by atoms with Gasteiger partial charge in [0.05, 0.1) is 5.69 Å². The molecule has 9 heteroatoms. The summed E-state index contributed by atoms with van der Waals surface area (Å²) in [7, 11) is 0. The van der Waals surface area contributed by atoms with Crippen molar-refractivity contribution < 1.29 is 22.7 Å². The number of nitrogens with one attached hydrogen (secondary N) is 1. The summed E-state index contributed by atoms with van der Waals surface area (Å²) in [6, 6.07) is 8.35. The minimum Gasteiger partial charge on any atom is -0.376 e. The van der Waals surface area contributed by atoms with Gasteiger partial charge in [0.2, 0.25) is 5.60 Å². The van der Waals surface area contributed by atoms with Gasteiger partial charge in [-0.1, -0.05) is 18.2 Å². The molecule has 0 fully saturated rings. The maximum Gasteiger partial charge on any atom is 0.357 e. The molecule has 0 amide bonds. The Morgan fingerprint density at radius 1 is 1.14 bits per heavy atom. The summed E-state index contributed by atoms with van der Waals surface area (Å²) < 4.78 is 52.3. The summed E-state index contributed by atoms with van der Waals surface area (Å²) in [4.78, 5) is 0. The third-order valence-corrected chi connectivity index (χ3v) is 3.22. The Balaban J connectivity index is 2.90. The molecule has 2 N–H and O–H groups in total. The van der Waals surface area contributed by atoms with Gasteiger partial charge >= 0.3 is 10.8 Å². The second-order valence-electron chi connectivity index (χ2n) is 4.36. The maximum atomic E-state index is 13.1. The molecule has 0 aromatic heterocycles. The van der Waals surface area contributed by atoms with Crippen LogP contribution in [0.15, 0.2) is 35.4 Å². The van der Waals surface area contributed by atoms with Crippen LogP contribution < -0.4 is 5.43 Å². The summed E-state index contributed by atoms with van der Waals surface area (Å²) in [6.45, 7) is 1.17. The lowest BCUT2D eigenvalue weighted by Crippen LogP contribution is -2.56. The first-order valence-electron chi connectivity index (χ1n) is 5.67. The number of alkyl halides is 6. The van der Waals surface area contributed by atoms with Crippen molar-refractivity contribution in [2.45, 2.75) is 29.7 Å². The van der Waals surface area contributed by atoms with E-state index >= 15 is 0 Å². The largest absolute Gasteiger partial charge is 0.376 e. The molecule has 0 radical (unpaired) electrons. The molecule has 3 nitrogen and oxygen atoms in total. The molecule has 0 aliphatic carbocycles. The maximum absolute atomic E-state index is 13.1. The zero-order valence-electron chi connectivity index (χ0n) is 10.8. The highest BCUT2D eigenvalue weighted by atomic mass is 35.5.